The summed E-state index contributed by atoms with van der Waals surface area (Å²) in [5.74, 6) is 1.20. The molecule has 0 bridgehead atoms. The first kappa shape index (κ1) is 18.6. The molecule has 128 valence electrons. The van der Waals surface area contributed by atoms with Crippen LogP contribution in [0.5, 0.6) is 11.5 Å². The maximum Gasteiger partial charge on any atom is 0.255 e. The Bertz CT molecular complexity index is 689. The molecule has 0 heterocycles. The van der Waals surface area contributed by atoms with Crippen LogP contribution in [0.3, 0.4) is 0 Å². The van der Waals surface area contributed by atoms with Crippen LogP contribution in [0.15, 0.2) is 42.5 Å². The lowest BCUT2D eigenvalue weighted by Crippen LogP contribution is -2.31. The van der Waals surface area contributed by atoms with Crippen LogP contribution < -0.4 is 9.47 Å². The molecule has 0 aliphatic rings. The van der Waals surface area contributed by atoms with Crippen molar-refractivity contribution in [3.8, 4) is 11.5 Å². The fraction of sp³-hybridized carbons (Fsp3) is 0.316. The smallest absolute Gasteiger partial charge is 0.255 e. The largest absolute Gasteiger partial charge is 0.493 e. The molecule has 5 heteroatoms. The van der Waals surface area contributed by atoms with Gasteiger partial charge < -0.3 is 14.4 Å². The lowest BCUT2D eigenvalue weighted by Gasteiger charge is -2.23. The second-order valence-electron chi connectivity index (χ2n) is 5.40. The maximum absolute atomic E-state index is 13.1. The third kappa shape index (κ3) is 4.41. The van der Waals surface area contributed by atoms with Gasteiger partial charge in [0.25, 0.3) is 5.91 Å². The van der Waals surface area contributed by atoms with Crippen LogP contribution in [-0.2, 0) is 6.54 Å². The molecule has 2 aromatic rings. The molecule has 1 amide bonds. The van der Waals surface area contributed by atoms with Crippen molar-refractivity contribution >= 4 is 28.5 Å². The maximum atomic E-state index is 13.1. The topological polar surface area (TPSA) is 38.8 Å². The molecule has 4 nitrogen and oxygen atoms in total. The van der Waals surface area contributed by atoms with Gasteiger partial charge in [-0.15, -0.1) is 0 Å². The molecule has 0 saturated heterocycles. The molecule has 0 saturated carbocycles. The van der Waals surface area contributed by atoms with Crippen molar-refractivity contribution in [2.24, 2.45) is 0 Å². The van der Waals surface area contributed by atoms with E-state index in [1.165, 1.54) is 0 Å². The molecule has 0 unspecified atom stereocenters. The Morgan fingerprint density at radius 1 is 1.08 bits per heavy atom. The number of rotatable bonds is 7. The Balaban J connectivity index is 2.32. The monoisotopic (exact) mass is 439 g/mol. The second kappa shape index (κ2) is 8.92. The molecule has 0 fully saturated rings. The summed E-state index contributed by atoms with van der Waals surface area (Å²) in [7, 11) is 3.17. The lowest BCUT2D eigenvalue weighted by atomic mass is 10.1. The molecule has 0 atom stereocenters. The summed E-state index contributed by atoms with van der Waals surface area (Å²) in [6.07, 6.45) is 0.905. The number of methoxy groups -OCH3 is 2. The van der Waals surface area contributed by atoms with E-state index in [-0.39, 0.29) is 5.91 Å². The SMILES string of the molecule is CCCN(Cc1ccccc1)C(=O)c1cc(OC)c(OC)cc1I. The number of halogens is 1. The van der Waals surface area contributed by atoms with Crippen molar-refractivity contribution in [3.05, 3.63) is 57.2 Å². The van der Waals surface area contributed by atoms with Gasteiger partial charge in [-0.25, -0.2) is 0 Å². The zero-order chi connectivity index (χ0) is 17.5. The summed E-state index contributed by atoms with van der Waals surface area (Å²) >= 11 is 2.17. The van der Waals surface area contributed by atoms with E-state index in [4.69, 9.17) is 9.47 Å². The normalized spacial score (nSPS) is 10.3. The molecule has 2 rings (SSSR count). The van der Waals surface area contributed by atoms with Gasteiger partial charge in [-0.05, 0) is 46.7 Å². The van der Waals surface area contributed by atoms with Crippen molar-refractivity contribution in [3.63, 3.8) is 0 Å². The zero-order valence-corrected chi connectivity index (χ0v) is 16.4. The van der Waals surface area contributed by atoms with E-state index in [0.717, 1.165) is 15.6 Å². The quantitative estimate of drug-likeness (QED) is 0.602. The summed E-state index contributed by atoms with van der Waals surface area (Å²) < 4.78 is 11.5. The molecule has 24 heavy (non-hydrogen) atoms. The minimum absolute atomic E-state index is 0.00561. The number of carbonyl (C=O) groups is 1. The van der Waals surface area contributed by atoms with Crippen LogP contribution >= 0.6 is 22.6 Å². The first-order valence-electron chi connectivity index (χ1n) is 7.85. The Labute approximate surface area is 156 Å². The highest BCUT2D eigenvalue weighted by atomic mass is 127. The fourth-order valence-corrected chi connectivity index (χ4v) is 3.18. The highest BCUT2D eigenvalue weighted by Crippen LogP contribution is 2.32. The van der Waals surface area contributed by atoms with Gasteiger partial charge in [0.1, 0.15) is 0 Å². The van der Waals surface area contributed by atoms with E-state index in [1.807, 2.05) is 41.3 Å². The van der Waals surface area contributed by atoms with Crippen LogP contribution in [0, 0.1) is 3.57 Å². The summed E-state index contributed by atoms with van der Waals surface area (Å²) in [5.41, 5.74) is 1.76. The fourth-order valence-electron chi connectivity index (χ4n) is 2.51. The van der Waals surface area contributed by atoms with E-state index in [1.54, 1.807) is 20.3 Å². The minimum atomic E-state index is 0.00561. The van der Waals surface area contributed by atoms with Crippen LogP contribution in [0.1, 0.15) is 29.3 Å². The summed E-state index contributed by atoms with van der Waals surface area (Å²) in [5, 5.41) is 0. The third-order valence-electron chi connectivity index (χ3n) is 3.70. The van der Waals surface area contributed by atoms with Gasteiger partial charge >= 0.3 is 0 Å². The zero-order valence-electron chi connectivity index (χ0n) is 14.2. The van der Waals surface area contributed by atoms with Crippen molar-refractivity contribution in [2.75, 3.05) is 20.8 Å². The number of benzene rings is 2. The van der Waals surface area contributed by atoms with Crippen LogP contribution in [-0.4, -0.2) is 31.6 Å². The Morgan fingerprint density at radius 2 is 1.71 bits per heavy atom. The van der Waals surface area contributed by atoms with Crippen LogP contribution in [0.25, 0.3) is 0 Å². The van der Waals surface area contributed by atoms with E-state index in [0.29, 0.717) is 30.2 Å². The third-order valence-corrected chi connectivity index (χ3v) is 4.59. The van der Waals surface area contributed by atoms with Crippen LogP contribution in [0.2, 0.25) is 0 Å². The molecule has 0 aromatic heterocycles. The number of carbonyl (C=O) groups excluding carboxylic acids is 1. The molecule has 0 aliphatic carbocycles. The van der Waals surface area contributed by atoms with Gasteiger partial charge in [0.2, 0.25) is 0 Å². The van der Waals surface area contributed by atoms with Gasteiger partial charge in [0.05, 0.1) is 19.8 Å². The highest BCUT2D eigenvalue weighted by Gasteiger charge is 2.20. The average Bonchev–Trinajstić information content (AvgIpc) is 2.61. The second-order valence-corrected chi connectivity index (χ2v) is 6.56. The number of hydrogen-bond acceptors (Lipinski definition) is 3. The van der Waals surface area contributed by atoms with Crippen LogP contribution in [0.4, 0.5) is 0 Å². The van der Waals surface area contributed by atoms with Crippen molar-refractivity contribution in [1.29, 1.82) is 0 Å². The Morgan fingerprint density at radius 3 is 2.29 bits per heavy atom. The molecule has 0 aliphatic heterocycles. The predicted octanol–water partition coefficient (Wildman–Crippen LogP) is 4.36. The highest BCUT2D eigenvalue weighted by molar-refractivity contribution is 14.1. The van der Waals surface area contributed by atoms with Gasteiger partial charge in [-0.3, -0.25) is 4.79 Å². The molecular weight excluding hydrogens is 417 g/mol. The summed E-state index contributed by atoms with van der Waals surface area (Å²) in [4.78, 5) is 14.9. The summed E-state index contributed by atoms with van der Waals surface area (Å²) in [6, 6.07) is 13.6. The van der Waals surface area contributed by atoms with Gasteiger partial charge in [0.15, 0.2) is 11.5 Å². The van der Waals surface area contributed by atoms with Gasteiger partial charge in [0, 0.05) is 16.7 Å². The van der Waals surface area contributed by atoms with E-state index in [2.05, 4.69) is 29.5 Å². The van der Waals surface area contributed by atoms with E-state index in [9.17, 15) is 4.79 Å². The van der Waals surface area contributed by atoms with Crippen molar-refractivity contribution < 1.29 is 14.3 Å². The lowest BCUT2D eigenvalue weighted by molar-refractivity contribution is 0.0741. The van der Waals surface area contributed by atoms with Crippen molar-refractivity contribution in [1.82, 2.24) is 4.90 Å². The molecule has 2 aromatic carbocycles. The Hall–Kier alpha value is -1.76. The van der Waals surface area contributed by atoms with E-state index < -0.39 is 0 Å². The number of hydrogen-bond donors (Lipinski definition) is 0. The Kier molecular flexibility index (Phi) is 6.90. The summed E-state index contributed by atoms with van der Waals surface area (Å²) in [6.45, 7) is 3.38. The molecule has 0 radical (unpaired) electrons. The average molecular weight is 439 g/mol. The van der Waals surface area contributed by atoms with Gasteiger partial charge in [-0.1, -0.05) is 37.3 Å². The number of amides is 1. The first-order valence-corrected chi connectivity index (χ1v) is 8.93. The van der Waals surface area contributed by atoms with E-state index >= 15 is 0 Å². The molecular formula is C19H22INO3. The molecule has 0 spiro atoms. The number of nitrogens with zero attached hydrogens (tertiary/aromatic N) is 1. The standard InChI is InChI=1S/C19H22INO3/c1-4-10-21(13-14-8-6-5-7-9-14)19(22)15-11-17(23-2)18(24-3)12-16(15)20/h5-9,11-12H,4,10,13H2,1-3H3. The number of ether oxygens (including phenoxy) is 2. The predicted molar refractivity (Wildman–Crippen MR) is 104 cm³/mol. The minimum Gasteiger partial charge on any atom is -0.493 e. The molecule has 0 N–H and O–H groups in total. The van der Waals surface area contributed by atoms with Gasteiger partial charge in [-0.2, -0.15) is 0 Å². The first-order chi connectivity index (χ1) is 11.6. The van der Waals surface area contributed by atoms with Crippen molar-refractivity contribution in [2.45, 2.75) is 19.9 Å².